The number of hydrogen-bond donors (Lipinski definition) is 3. The predicted octanol–water partition coefficient (Wildman–Crippen LogP) is 4.04. The summed E-state index contributed by atoms with van der Waals surface area (Å²) in [7, 11) is 2.62. The Hall–Kier alpha value is -4.46. The molecule has 8 nitrogen and oxygen atoms in total. The Morgan fingerprint density at radius 1 is 0.938 bits per heavy atom. The van der Waals surface area contributed by atoms with E-state index in [4.69, 9.17) is 13.9 Å². The van der Waals surface area contributed by atoms with E-state index in [0.717, 1.165) is 0 Å². The van der Waals surface area contributed by atoms with Gasteiger partial charge in [-0.3, -0.25) is 4.79 Å². The lowest BCUT2D eigenvalue weighted by Crippen LogP contribution is -2.03. The third-order valence-electron chi connectivity index (χ3n) is 5.01. The highest BCUT2D eigenvalue weighted by atomic mass is 16.5. The van der Waals surface area contributed by atoms with Crippen LogP contribution in [0.4, 0.5) is 0 Å². The highest BCUT2D eigenvalue weighted by molar-refractivity contribution is 5.98. The Bertz CT molecular complexity index is 1400. The number of ether oxygens (including phenoxy) is 2. The summed E-state index contributed by atoms with van der Waals surface area (Å²) in [6.07, 6.45) is 0. The van der Waals surface area contributed by atoms with Gasteiger partial charge >= 0.3 is 5.97 Å². The molecule has 8 heteroatoms. The van der Waals surface area contributed by atoms with Crippen LogP contribution >= 0.6 is 0 Å². The van der Waals surface area contributed by atoms with Crippen LogP contribution in [0.15, 0.2) is 63.8 Å². The Labute approximate surface area is 181 Å². The number of carbonyl (C=O) groups excluding carboxylic acids is 1. The van der Waals surface area contributed by atoms with E-state index in [1.165, 1.54) is 56.7 Å². The first-order chi connectivity index (χ1) is 15.3. The Morgan fingerprint density at radius 3 is 2.31 bits per heavy atom. The van der Waals surface area contributed by atoms with Crippen molar-refractivity contribution in [3.05, 3.63) is 70.4 Å². The van der Waals surface area contributed by atoms with Crippen LogP contribution in [0.5, 0.6) is 23.0 Å². The first-order valence-electron chi connectivity index (χ1n) is 9.43. The predicted molar refractivity (Wildman–Crippen MR) is 116 cm³/mol. The summed E-state index contributed by atoms with van der Waals surface area (Å²) in [5.74, 6) is -1.02. The first kappa shape index (κ1) is 20.8. The number of fused-ring (bicyclic) bond motifs is 1. The average molecular weight is 434 g/mol. The number of phenolic OH excluding ortho intramolecular Hbond substituents is 3. The quantitative estimate of drug-likeness (QED) is 0.411. The van der Waals surface area contributed by atoms with Gasteiger partial charge in [-0.25, -0.2) is 4.79 Å². The van der Waals surface area contributed by atoms with Gasteiger partial charge in [0.1, 0.15) is 39.7 Å². The maximum atomic E-state index is 12.9. The van der Waals surface area contributed by atoms with Crippen LogP contribution in [0.3, 0.4) is 0 Å². The van der Waals surface area contributed by atoms with Crippen molar-refractivity contribution in [2.75, 3.05) is 14.2 Å². The Morgan fingerprint density at radius 2 is 1.66 bits per heavy atom. The van der Waals surface area contributed by atoms with Gasteiger partial charge in [-0.2, -0.15) is 0 Å². The second-order valence-corrected chi connectivity index (χ2v) is 6.92. The second kappa shape index (κ2) is 7.99. The van der Waals surface area contributed by atoms with Gasteiger partial charge in [0.05, 0.1) is 25.3 Å². The molecule has 1 heterocycles. The van der Waals surface area contributed by atoms with Crippen LogP contribution in [0, 0.1) is 0 Å². The molecule has 0 aliphatic carbocycles. The Balaban J connectivity index is 1.96. The average Bonchev–Trinajstić information content (AvgIpc) is 2.78. The largest absolute Gasteiger partial charge is 0.508 e. The molecular formula is C24H18O8. The molecule has 3 aromatic carbocycles. The minimum atomic E-state index is -0.619. The van der Waals surface area contributed by atoms with Crippen LogP contribution in [0.2, 0.25) is 0 Å². The summed E-state index contributed by atoms with van der Waals surface area (Å²) in [4.78, 5) is 24.8. The lowest BCUT2D eigenvalue weighted by atomic mass is 9.97. The van der Waals surface area contributed by atoms with Gasteiger partial charge in [0.25, 0.3) is 0 Å². The smallest absolute Gasteiger partial charge is 0.337 e. The summed E-state index contributed by atoms with van der Waals surface area (Å²) in [5, 5.41) is 31.0. The zero-order valence-corrected chi connectivity index (χ0v) is 17.1. The van der Waals surface area contributed by atoms with Crippen molar-refractivity contribution >= 4 is 16.9 Å². The summed E-state index contributed by atoms with van der Waals surface area (Å²) in [5.41, 5.74) is 0.201. The van der Waals surface area contributed by atoms with Gasteiger partial charge in [-0.1, -0.05) is 0 Å². The minimum absolute atomic E-state index is 0.0394. The SMILES string of the molecule is COC(=O)c1ccc(OC)c(-c2c(O)cc3oc(-c4ccc(O)cc4)cc(=O)c3c2O)c1. The number of aromatic hydroxyl groups is 3. The van der Waals surface area contributed by atoms with Crippen molar-refractivity contribution in [3.8, 4) is 45.4 Å². The molecule has 0 bridgehead atoms. The van der Waals surface area contributed by atoms with Gasteiger partial charge in [-0.15, -0.1) is 0 Å². The summed E-state index contributed by atoms with van der Waals surface area (Å²) in [6, 6.07) is 12.8. The number of benzene rings is 3. The topological polar surface area (TPSA) is 126 Å². The number of phenols is 3. The maximum Gasteiger partial charge on any atom is 0.337 e. The van der Waals surface area contributed by atoms with Crippen LogP contribution in [-0.2, 0) is 4.74 Å². The van der Waals surface area contributed by atoms with Gasteiger partial charge in [0, 0.05) is 23.3 Å². The molecule has 1 aromatic heterocycles. The van der Waals surface area contributed by atoms with Crippen molar-refractivity contribution in [3.63, 3.8) is 0 Å². The number of esters is 1. The van der Waals surface area contributed by atoms with Crippen molar-refractivity contribution in [2.24, 2.45) is 0 Å². The minimum Gasteiger partial charge on any atom is -0.508 e. The van der Waals surface area contributed by atoms with E-state index in [0.29, 0.717) is 5.56 Å². The van der Waals surface area contributed by atoms with E-state index in [2.05, 4.69) is 0 Å². The van der Waals surface area contributed by atoms with Gasteiger partial charge in [-0.05, 0) is 42.5 Å². The molecule has 4 aromatic rings. The van der Waals surface area contributed by atoms with E-state index in [1.807, 2.05) is 0 Å². The lowest BCUT2D eigenvalue weighted by Gasteiger charge is -2.15. The fourth-order valence-electron chi connectivity index (χ4n) is 3.47. The lowest BCUT2D eigenvalue weighted by molar-refractivity contribution is 0.0600. The van der Waals surface area contributed by atoms with Crippen LogP contribution in [-0.4, -0.2) is 35.5 Å². The molecule has 0 saturated heterocycles. The van der Waals surface area contributed by atoms with Crippen molar-refractivity contribution in [2.45, 2.75) is 0 Å². The molecule has 4 rings (SSSR count). The maximum absolute atomic E-state index is 12.9. The molecule has 162 valence electrons. The van der Waals surface area contributed by atoms with Crippen LogP contribution < -0.4 is 10.2 Å². The molecule has 3 N–H and O–H groups in total. The monoisotopic (exact) mass is 434 g/mol. The number of methoxy groups -OCH3 is 2. The third kappa shape index (κ3) is 3.47. The molecule has 0 atom stereocenters. The van der Waals surface area contributed by atoms with Crippen LogP contribution in [0.1, 0.15) is 10.4 Å². The fourth-order valence-corrected chi connectivity index (χ4v) is 3.47. The molecule has 0 saturated carbocycles. The molecule has 0 amide bonds. The Kier molecular flexibility index (Phi) is 5.19. The number of hydrogen-bond acceptors (Lipinski definition) is 8. The van der Waals surface area contributed by atoms with Gasteiger partial charge < -0.3 is 29.2 Å². The molecule has 0 radical (unpaired) electrons. The molecule has 0 unspecified atom stereocenters. The zero-order valence-electron chi connectivity index (χ0n) is 17.1. The van der Waals surface area contributed by atoms with Crippen molar-refractivity contribution in [1.29, 1.82) is 0 Å². The normalized spacial score (nSPS) is 10.8. The van der Waals surface area contributed by atoms with E-state index in [9.17, 15) is 24.9 Å². The zero-order chi connectivity index (χ0) is 23.0. The number of rotatable bonds is 4. The van der Waals surface area contributed by atoms with E-state index in [-0.39, 0.29) is 50.7 Å². The van der Waals surface area contributed by atoms with Gasteiger partial charge in [0.2, 0.25) is 0 Å². The molecule has 0 fully saturated rings. The van der Waals surface area contributed by atoms with Crippen molar-refractivity contribution < 1.29 is 34.0 Å². The molecule has 0 aliphatic heterocycles. The number of carbonyl (C=O) groups is 1. The highest BCUT2D eigenvalue weighted by Crippen LogP contribution is 2.46. The highest BCUT2D eigenvalue weighted by Gasteiger charge is 2.23. The van der Waals surface area contributed by atoms with E-state index < -0.39 is 17.1 Å². The summed E-state index contributed by atoms with van der Waals surface area (Å²) >= 11 is 0. The standard InChI is InChI=1S/C24H18O8/c1-30-18-8-5-13(24(29)31-2)9-15(18)21-16(26)11-20-22(23(21)28)17(27)10-19(32-20)12-3-6-14(25)7-4-12/h3-11,25-26,28H,1-2H3. The molecule has 0 spiro atoms. The van der Waals surface area contributed by atoms with Gasteiger partial charge in [0.15, 0.2) is 5.43 Å². The summed E-state index contributed by atoms with van der Waals surface area (Å²) in [6.45, 7) is 0. The fraction of sp³-hybridized carbons (Fsp3) is 0.0833. The summed E-state index contributed by atoms with van der Waals surface area (Å²) < 4.78 is 15.8. The van der Waals surface area contributed by atoms with E-state index >= 15 is 0 Å². The third-order valence-corrected chi connectivity index (χ3v) is 5.01. The first-order valence-corrected chi connectivity index (χ1v) is 9.43. The molecule has 32 heavy (non-hydrogen) atoms. The van der Waals surface area contributed by atoms with Crippen molar-refractivity contribution in [1.82, 2.24) is 0 Å². The molecule has 0 aliphatic rings. The van der Waals surface area contributed by atoms with E-state index in [1.54, 1.807) is 12.1 Å². The second-order valence-electron chi connectivity index (χ2n) is 6.92. The van der Waals surface area contributed by atoms with Crippen LogP contribution in [0.25, 0.3) is 33.4 Å². The molecular weight excluding hydrogens is 416 g/mol.